The van der Waals surface area contributed by atoms with Crippen LogP contribution in [0, 0.1) is 0 Å². The van der Waals surface area contributed by atoms with Crippen molar-refractivity contribution in [2.45, 2.75) is 25.9 Å². The van der Waals surface area contributed by atoms with E-state index in [1.165, 1.54) is 0 Å². The first kappa shape index (κ1) is 12.1. The molecule has 2 unspecified atom stereocenters. The van der Waals surface area contributed by atoms with Crippen molar-refractivity contribution >= 4 is 33.3 Å². The van der Waals surface area contributed by atoms with Crippen LogP contribution in [0.3, 0.4) is 0 Å². The molecular formula is C11H15BrClN3. The maximum absolute atomic E-state index is 5.90. The standard InChI is InChI=1S/C11H15BrClN3/c1-7-6-16(8(2)4-14-7)11-10(12)3-9(13)5-15-11/h3,5,7-8,14H,4,6H2,1-2H3. The highest BCUT2D eigenvalue weighted by Crippen LogP contribution is 2.28. The number of halogens is 2. The molecule has 1 N–H and O–H groups in total. The van der Waals surface area contributed by atoms with E-state index in [4.69, 9.17) is 11.6 Å². The first-order valence-electron chi connectivity index (χ1n) is 5.39. The van der Waals surface area contributed by atoms with Crippen molar-refractivity contribution in [2.24, 2.45) is 0 Å². The number of anilines is 1. The molecule has 0 radical (unpaired) electrons. The molecule has 1 fully saturated rings. The molecule has 0 amide bonds. The maximum Gasteiger partial charge on any atom is 0.143 e. The molecule has 0 spiro atoms. The summed E-state index contributed by atoms with van der Waals surface area (Å²) in [4.78, 5) is 6.71. The molecule has 2 atom stereocenters. The minimum atomic E-state index is 0.446. The molecule has 0 bridgehead atoms. The van der Waals surface area contributed by atoms with E-state index < -0.39 is 0 Å². The number of hydrogen-bond donors (Lipinski definition) is 1. The molecule has 5 heteroatoms. The van der Waals surface area contributed by atoms with Gasteiger partial charge in [0.05, 0.1) is 9.50 Å². The average molecular weight is 305 g/mol. The number of pyridine rings is 1. The van der Waals surface area contributed by atoms with Crippen molar-refractivity contribution in [3.63, 3.8) is 0 Å². The van der Waals surface area contributed by atoms with Gasteiger partial charge < -0.3 is 10.2 Å². The molecule has 2 rings (SSSR count). The van der Waals surface area contributed by atoms with E-state index in [0.29, 0.717) is 17.1 Å². The minimum Gasteiger partial charge on any atom is -0.350 e. The summed E-state index contributed by atoms with van der Waals surface area (Å²) in [5, 5.41) is 4.11. The van der Waals surface area contributed by atoms with Gasteiger partial charge >= 0.3 is 0 Å². The fraction of sp³-hybridized carbons (Fsp3) is 0.545. The Labute approximate surface area is 109 Å². The SMILES string of the molecule is CC1CN(c2ncc(Cl)cc2Br)C(C)CN1. The van der Waals surface area contributed by atoms with E-state index in [-0.39, 0.29) is 0 Å². The Morgan fingerprint density at radius 1 is 1.56 bits per heavy atom. The van der Waals surface area contributed by atoms with Crippen LogP contribution in [0.1, 0.15) is 13.8 Å². The van der Waals surface area contributed by atoms with Gasteiger partial charge in [0.25, 0.3) is 0 Å². The van der Waals surface area contributed by atoms with Crippen LogP contribution in [0.5, 0.6) is 0 Å². The summed E-state index contributed by atoms with van der Waals surface area (Å²) in [5.41, 5.74) is 0. The van der Waals surface area contributed by atoms with Gasteiger partial charge in [0.2, 0.25) is 0 Å². The quantitative estimate of drug-likeness (QED) is 0.864. The van der Waals surface area contributed by atoms with Gasteiger partial charge in [-0.05, 0) is 35.8 Å². The third-order valence-electron chi connectivity index (χ3n) is 2.82. The Kier molecular flexibility index (Phi) is 3.72. The lowest BCUT2D eigenvalue weighted by Crippen LogP contribution is -2.54. The van der Waals surface area contributed by atoms with E-state index in [1.807, 2.05) is 6.07 Å². The van der Waals surface area contributed by atoms with Crippen LogP contribution in [0.25, 0.3) is 0 Å². The molecule has 0 aliphatic carbocycles. The first-order valence-corrected chi connectivity index (χ1v) is 6.56. The van der Waals surface area contributed by atoms with Crippen LogP contribution in [0.4, 0.5) is 5.82 Å². The van der Waals surface area contributed by atoms with Crippen LogP contribution < -0.4 is 10.2 Å². The van der Waals surface area contributed by atoms with Crippen LogP contribution in [0.2, 0.25) is 5.02 Å². The summed E-state index contributed by atoms with van der Waals surface area (Å²) in [6, 6.07) is 2.82. The molecule has 1 aromatic heterocycles. The van der Waals surface area contributed by atoms with Crippen molar-refractivity contribution in [1.29, 1.82) is 0 Å². The number of rotatable bonds is 1. The summed E-state index contributed by atoms with van der Waals surface area (Å²) in [6.07, 6.45) is 1.70. The van der Waals surface area contributed by atoms with Gasteiger partial charge in [0.1, 0.15) is 5.82 Å². The van der Waals surface area contributed by atoms with Crippen molar-refractivity contribution in [1.82, 2.24) is 10.3 Å². The van der Waals surface area contributed by atoms with Gasteiger partial charge in [-0.1, -0.05) is 11.6 Å². The van der Waals surface area contributed by atoms with Gasteiger partial charge in [-0.3, -0.25) is 0 Å². The molecule has 2 heterocycles. The second kappa shape index (κ2) is 4.90. The van der Waals surface area contributed by atoms with Gasteiger partial charge in [-0.25, -0.2) is 4.98 Å². The van der Waals surface area contributed by atoms with Crippen molar-refractivity contribution in [3.8, 4) is 0 Å². The molecule has 1 aromatic rings. The summed E-state index contributed by atoms with van der Waals surface area (Å²) >= 11 is 9.42. The average Bonchev–Trinajstić information content (AvgIpc) is 2.22. The highest BCUT2D eigenvalue weighted by atomic mass is 79.9. The summed E-state index contributed by atoms with van der Waals surface area (Å²) in [6.45, 7) is 6.33. The predicted molar refractivity (Wildman–Crippen MR) is 71.2 cm³/mol. The normalized spacial score (nSPS) is 25.9. The molecule has 3 nitrogen and oxygen atoms in total. The molecule has 0 aromatic carbocycles. The Bertz CT molecular complexity index is 385. The maximum atomic E-state index is 5.90. The second-order valence-electron chi connectivity index (χ2n) is 4.27. The minimum absolute atomic E-state index is 0.446. The van der Waals surface area contributed by atoms with Crippen molar-refractivity contribution < 1.29 is 0 Å². The third-order valence-corrected chi connectivity index (χ3v) is 3.62. The Balaban J connectivity index is 2.28. The summed E-state index contributed by atoms with van der Waals surface area (Å²) in [7, 11) is 0. The highest BCUT2D eigenvalue weighted by molar-refractivity contribution is 9.10. The van der Waals surface area contributed by atoms with E-state index >= 15 is 0 Å². The van der Waals surface area contributed by atoms with E-state index in [2.05, 4.69) is 45.0 Å². The van der Waals surface area contributed by atoms with E-state index in [1.54, 1.807) is 6.20 Å². The number of aromatic nitrogens is 1. The fourth-order valence-electron chi connectivity index (χ4n) is 1.94. The van der Waals surface area contributed by atoms with E-state index in [9.17, 15) is 0 Å². The van der Waals surface area contributed by atoms with Crippen molar-refractivity contribution in [3.05, 3.63) is 21.8 Å². The zero-order valence-electron chi connectivity index (χ0n) is 9.37. The molecule has 16 heavy (non-hydrogen) atoms. The van der Waals surface area contributed by atoms with Gasteiger partial charge in [-0.2, -0.15) is 0 Å². The second-order valence-corrected chi connectivity index (χ2v) is 5.56. The third kappa shape index (κ3) is 2.50. The Morgan fingerprint density at radius 2 is 2.31 bits per heavy atom. The zero-order chi connectivity index (χ0) is 11.7. The first-order chi connectivity index (χ1) is 7.58. The predicted octanol–water partition coefficient (Wildman–Crippen LogP) is 2.68. The lowest BCUT2D eigenvalue weighted by atomic mass is 10.1. The highest BCUT2D eigenvalue weighted by Gasteiger charge is 2.24. The number of nitrogens with one attached hydrogen (secondary N) is 1. The molecule has 1 aliphatic heterocycles. The topological polar surface area (TPSA) is 28.2 Å². The smallest absolute Gasteiger partial charge is 0.143 e. The molecule has 1 saturated heterocycles. The van der Waals surface area contributed by atoms with Gasteiger partial charge in [-0.15, -0.1) is 0 Å². The van der Waals surface area contributed by atoms with Gasteiger partial charge in [0, 0.05) is 31.4 Å². The lowest BCUT2D eigenvalue weighted by molar-refractivity contribution is 0.422. The zero-order valence-corrected chi connectivity index (χ0v) is 11.7. The fourth-order valence-corrected chi connectivity index (χ4v) is 2.80. The largest absolute Gasteiger partial charge is 0.350 e. The lowest BCUT2D eigenvalue weighted by Gasteiger charge is -2.38. The van der Waals surface area contributed by atoms with E-state index in [0.717, 1.165) is 23.4 Å². The number of nitrogens with zero attached hydrogens (tertiary/aromatic N) is 2. The Hall–Kier alpha value is -0.320. The summed E-state index contributed by atoms with van der Waals surface area (Å²) in [5.74, 6) is 0.977. The number of hydrogen-bond acceptors (Lipinski definition) is 3. The molecule has 1 aliphatic rings. The van der Waals surface area contributed by atoms with Crippen LogP contribution in [-0.4, -0.2) is 30.2 Å². The number of piperazine rings is 1. The van der Waals surface area contributed by atoms with Crippen molar-refractivity contribution in [2.75, 3.05) is 18.0 Å². The molecule has 0 saturated carbocycles. The van der Waals surface area contributed by atoms with Crippen LogP contribution in [-0.2, 0) is 0 Å². The summed E-state index contributed by atoms with van der Waals surface area (Å²) < 4.78 is 0.959. The van der Waals surface area contributed by atoms with Crippen LogP contribution >= 0.6 is 27.5 Å². The van der Waals surface area contributed by atoms with Crippen LogP contribution in [0.15, 0.2) is 16.7 Å². The molecular weight excluding hydrogens is 289 g/mol. The molecule has 88 valence electrons. The monoisotopic (exact) mass is 303 g/mol. The Morgan fingerprint density at radius 3 is 3.00 bits per heavy atom. The van der Waals surface area contributed by atoms with Gasteiger partial charge in [0.15, 0.2) is 0 Å².